The Morgan fingerprint density at radius 3 is 2.58 bits per heavy atom. The number of carbonyl (C=O) groups is 1. The third kappa shape index (κ3) is 5.38. The maximum Gasteiger partial charge on any atom is 0.451 e. The Morgan fingerprint density at radius 1 is 1.12 bits per heavy atom. The van der Waals surface area contributed by atoms with Crippen LogP contribution in [0.1, 0.15) is 49.5 Å². The van der Waals surface area contributed by atoms with Crippen molar-refractivity contribution in [2.24, 2.45) is 0 Å². The van der Waals surface area contributed by atoms with E-state index in [4.69, 9.17) is 4.74 Å². The average Bonchev–Trinajstić information content (AvgIpc) is 2.70. The minimum Gasteiger partial charge on any atom is -0.444 e. The number of nitrogens with zero attached hydrogens (tertiary/aromatic N) is 4. The van der Waals surface area contributed by atoms with Crippen molar-refractivity contribution < 1.29 is 22.7 Å². The van der Waals surface area contributed by atoms with Crippen LogP contribution < -0.4 is 5.32 Å². The molecule has 0 aliphatic carbocycles. The highest BCUT2D eigenvalue weighted by atomic mass is 19.4. The van der Waals surface area contributed by atoms with Crippen molar-refractivity contribution in [2.75, 3.05) is 31.5 Å². The summed E-state index contributed by atoms with van der Waals surface area (Å²) < 4.78 is 44.7. The quantitative estimate of drug-likeness (QED) is 0.697. The molecule has 1 fully saturated rings. The molecule has 3 heterocycles. The zero-order valence-corrected chi connectivity index (χ0v) is 19.2. The lowest BCUT2D eigenvalue weighted by atomic mass is 9.90. The molecule has 0 saturated carbocycles. The van der Waals surface area contributed by atoms with Crippen LogP contribution in [0.15, 0.2) is 24.3 Å². The third-order valence-corrected chi connectivity index (χ3v) is 5.69. The van der Waals surface area contributed by atoms with E-state index in [9.17, 15) is 18.0 Å². The van der Waals surface area contributed by atoms with Gasteiger partial charge in [0.25, 0.3) is 0 Å². The molecule has 1 aromatic carbocycles. The fourth-order valence-corrected chi connectivity index (χ4v) is 4.27. The second-order valence-electron chi connectivity index (χ2n) is 9.48. The number of aryl methyl sites for hydroxylation is 1. The number of rotatable bonds is 2. The number of anilines is 2. The van der Waals surface area contributed by atoms with Crippen molar-refractivity contribution >= 4 is 17.6 Å². The maximum absolute atomic E-state index is 13.1. The topological polar surface area (TPSA) is 70.6 Å². The highest BCUT2D eigenvalue weighted by Crippen LogP contribution is 2.35. The number of ether oxygens (including phenoxy) is 1. The van der Waals surface area contributed by atoms with Gasteiger partial charge in [0.1, 0.15) is 11.4 Å². The molecule has 1 atom stereocenters. The van der Waals surface area contributed by atoms with Crippen LogP contribution in [0.5, 0.6) is 0 Å². The predicted molar refractivity (Wildman–Crippen MR) is 117 cm³/mol. The first-order valence-corrected chi connectivity index (χ1v) is 10.9. The van der Waals surface area contributed by atoms with Gasteiger partial charge in [-0.3, -0.25) is 4.90 Å². The number of hydrogen-bond acceptors (Lipinski definition) is 6. The van der Waals surface area contributed by atoms with Crippen LogP contribution in [0.2, 0.25) is 0 Å². The molecule has 2 aliphatic heterocycles. The predicted octanol–water partition coefficient (Wildman–Crippen LogP) is 4.70. The summed E-state index contributed by atoms with van der Waals surface area (Å²) in [6.07, 6.45) is -4.10. The molecule has 0 radical (unpaired) electrons. The lowest BCUT2D eigenvalue weighted by molar-refractivity contribution is -0.145. The van der Waals surface area contributed by atoms with Crippen molar-refractivity contribution in [3.8, 4) is 0 Å². The van der Waals surface area contributed by atoms with Gasteiger partial charge < -0.3 is 15.0 Å². The van der Waals surface area contributed by atoms with Gasteiger partial charge in [-0.05, 0) is 57.4 Å². The van der Waals surface area contributed by atoms with Crippen molar-refractivity contribution in [1.82, 2.24) is 19.8 Å². The molecular weight excluding hydrogens is 435 g/mol. The summed E-state index contributed by atoms with van der Waals surface area (Å²) in [4.78, 5) is 23.8. The van der Waals surface area contributed by atoms with E-state index in [0.717, 1.165) is 30.6 Å². The van der Waals surface area contributed by atoms with Crippen LogP contribution in [-0.4, -0.2) is 57.6 Å². The standard InChI is InChI=1S/C23H28F3N5O2/c1-14-11-19(29-20(27-14)23(24,25)26)28-16-5-6-17-15(12-16)7-8-30-9-10-31(13-18(17)30)21(32)33-22(2,3)4/h5-6,11-12,18H,7-10,13H2,1-4H3,(H,27,28,29)/t18-/m0/s1. The molecule has 1 amide bonds. The molecule has 2 aliphatic rings. The van der Waals surface area contributed by atoms with Crippen LogP contribution >= 0.6 is 0 Å². The van der Waals surface area contributed by atoms with E-state index < -0.39 is 17.6 Å². The third-order valence-electron chi connectivity index (χ3n) is 5.69. The van der Waals surface area contributed by atoms with Gasteiger partial charge >= 0.3 is 12.3 Å². The first-order valence-electron chi connectivity index (χ1n) is 10.9. The van der Waals surface area contributed by atoms with Gasteiger partial charge in [-0.1, -0.05) is 6.07 Å². The Balaban J connectivity index is 1.53. The number of benzene rings is 1. The highest BCUT2D eigenvalue weighted by Gasteiger charge is 2.36. The molecule has 7 nitrogen and oxygen atoms in total. The molecule has 178 valence electrons. The minimum atomic E-state index is -4.61. The molecule has 1 N–H and O–H groups in total. The molecule has 2 aromatic rings. The summed E-state index contributed by atoms with van der Waals surface area (Å²) >= 11 is 0. The fourth-order valence-electron chi connectivity index (χ4n) is 4.27. The highest BCUT2D eigenvalue weighted by molar-refractivity contribution is 5.68. The van der Waals surface area contributed by atoms with Crippen molar-refractivity contribution in [3.05, 3.63) is 46.9 Å². The molecule has 33 heavy (non-hydrogen) atoms. The first-order chi connectivity index (χ1) is 15.4. The van der Waals surface area contributed by atoms with Crippen LogP contribution in [0, 0.1) is 6.92 Å². The van der Waals surface area contributed by atoms with Crippen molar-refractivity contribution in [1.29, 1.82) is 0 Å². The number of fused-ring (bicyclic) bond motifs is 3. The minimum absolute atomic E-state index is 0.0576. The second-order valence-corrected chi connectivity index (χ2v) is 9.48. The SMILES string of the molecule is Cc1cc(Nc2ccc3c(c2)CCN2CCN(C(=O)OC(C)(C)C)C[C@@H]32)nc(C(F)(F)F)n1. The summed E-state index contributed by atoms with van der Waals surface area (Å²) in [6.45, 7) is 9.83. The lowest BCUT2D eigenvalue weighted by Crippen LogP contribution is -2.53. The molecular formula is C23H28F3N5O2. The van der Waals surface area contributed by atoms with E-state index in [0.29, 0.717) is 18.8 Å². The van der Waals surface area contributed by atoms with Gasteiger partial charge in [0.2, 0.25) is 5.82 Å². The van der Waals surface area contributed by atoms with E-state index in [-0.39, 0.29) is 23.6 Å². The van der Waals surface area contributed by atoms with Crippen LogP contribution in [0.25, 0.3) is 0 Å². The molecule has 1 saturated heterocycles. The Morgan fingerprint density at radius 2 is 1.88 bits per heavy atom. The fraction of sp³-hybridized carbons (Fsp3) is 0.522. The van der Waals surface area contributed by atoms with Gasteiger partial charge in [0.15, 0.2) is 0 Å². The molecule has 10 heteroatoms. The number of halogens is 3. The lowest BCUT2D eigenvalue weighted by Gasteiger charge is -2.45. The van der Waals surface area contributed by atoms with E-state index in [2.05, 4.69) is 20.2 Å². The summed E-state index contributed by atoms with van der Waals surface area (Å²) in [5.41, 5.74) is 2.57. The van der Waals surface area contributed by atoms with Gasteiger partial charge in [0, 0.05) is 43.6 Å². The number of nitrogens with one attached hydrogen (secondary N) is 1. The van der Waals surface area contributed by atoms with Crippen molar-refractivity contribution in [3.63, 3.8) is 0 Å². The molecule has 0 spiro atoms. The summed E-state index contributed by atoms with van der Waals surface area (Å²) in [5.74, 6) is -1.07. The first kappa shape index (κ1) is 23.3. The van der Waals surface area contributed by atoms with E-state index in [1.165, 1.54) is 13.0 Å². The summed E-state index contributed by atoms with van der Waals surface area (Å²) in [5, 5.41) is 2.98. The van der Waals surface area contributed by atoms with Gasteiger partial charge in [0.05, 0.1) is 6.04 Å². The molecule has 0 bridgehead atoms. The van der Waals surface area contributed by atoms with Crippen molar-refractivity contribution in [2.45, 2.75) is 51.9 Å². The van der Waals surface area contributed by atoms with E-state index >= 15 is 0 Å². The number of amides is 1. The second kappa shape index (κ2) is 8.48. The number of hydrogen-bond donors (Lipinski definition) is 1. The summed E-state index contributed by atoms with van der Waals surface area (Å²) in [7, 11) is 0. The Hall–Kier alpha value is -2.88. The normalized spacial score (nSPS) is 19.0. The number of piperazine rings is 1. The zero-order valence-electron chi connectivity index (χ0n) is 19.2. The van der Waals surface area contributed by atoms with Gasteiger partial charge in [-0.2, -0.15) is 13.2 Å². The maximum atomic E-state index is 13.1. The van der Waals surface area contributed by atoms with Crippen LogP contribution in [0.4, 0.5) is 29.5 Å². The van der Waals surface area contributed by atoms with Gasteiger partial charge in [-0.25, -0.2) is 14.8 Å². The van der Waals surface area contributed by atoms with Crippen LogP contribution in [0.3, 0.4) is 0 Å². The largest absolute Gasteiger partial charge is 0.451 e. The smallest absolute Gasteiger partial charge is 0.444 e. The molecule has 4 rings (SSSR count). The van der Waals surface area contributed by atoms with Crippen LogP contribution in [-0.2, 0) is 17.3 Å². The Bertz CT molecular complexity index is 1050. The molecule has 0 unspecified atom stereocenters. The Kier molecular flexibility index (Phi) is 5.98. The number of aromatic nitrogens is 2. The Labute approximate surface area is 191 Å². The monoisotopic (exact) mass is 463 g/mol. The number of carbonyl (C=O) groups excluding carboxylic acids is 1. The average molecular weight is 464 g/mol. The zero-order chi connectivity index (χ0) is 24.0. The van der Waals surface area contributed by atoms with E-state index in [1.807, 2.05) is 39.0 Å². The van der Waals surface area contributed by atoms with Gasteiger partial charge in [-0.15, -0.1) is 0 Å². The number of alkyl halides is 3. The molecule has 1 aromatic heterocycles. The van der Waals surface area contributed by atoms with E-state index in [1.54, 1.807) is 4.90 Å². The summed E-state index contributed by atoms with van der Waals surface area (Å²) in [6, 6.07) is 7.30.